The van der Waals surface area contributed by atoms with Crippen LogP contribution in [0.3, 0.4) is 0 Å². The smallest absolute Gasteiger partial charge is 0.262 e. The van der Waals surface area contributed by atoms with Crippen LogP contribution in [0.5, 0.6) is 11.5 Å². The van der Waals surface area contributed by atoms with E-state index in [9.17, 15) is 4.79 Å². The largest absolute Gasteiger partial charge is 0.493 e. The number of carbonyl (C=O) groups is 1. The monoisotopic (exact) mass is 290 g/mol. The van der Waals surface area contributed by atoms with Gasteiger partial charge in [0, 0.05) is 19.2 Å². The molecular formula is C15H18N2O4. The molecule has 1 aromatic carbocycles. The molecule has 0 unspecified atom stereocenters. The van der Waals surface area contributed by atoms with Gasteiger partial charge in [0.05, 0.1) is 20.8 Å². The highest BCUT2D eigenvalue weighted by Gasteiger charge is 2.12. The summed E-state index contributed by atoms with van der Waals surface area (Å²) < 4.78 is 15.3. The standard InChI is InChI=1S/C15H18N2O4/c1-19-8-7-17-15(18)12(10-16)9-11-5-4-6-13(20-2)14(11)21-3/h4-6,9H,7-8H2,1-3H3,(H,17,18)/b12-9+. The van der Waals surface area contributed by atoms with E-state index >= 15 is 0 Å². The number of rotatable bonds is 7. The van der Waals surface area contributed by atoms with Gasteiger partial charge in [-0.2, -0.15) is 5.26 Å². The molecule has 0 saturated carbocycles. The van der Waals surface area contributed by atoms with E-state index < -0.39 is 5.91 Å². The lowest BCUT2D eigenvalue weighted by Crippen LogP contribution is -2.27. The average Bonchev–Trinajstić information content (AvgIpc) is 2.52. The Balaban J connectivity index is 3.03. The van der Waals surface area contributed by atoms with Crippen LogP contribution in [-0.4, -0.2) is 40.4 Å². The molecule has 0 radical (unpaired) electrons. The zero-order valence-electron chi connectivity index (χ0n) is 12.3. The highest BCUT2D eigenvalue weighted by molar-refractivity contribution is 6.02. The third-order valence-electron chi connectivity index (χ3n) is 2.69. The van der Waals surface area contributed by atoms with Crippen molar-refractivity contribution in [2.75, 3.05) is 34.5 Å². The second-order valence-corrected chi connectivity index (χ2v) is 4.00. The van der Waals surface area contributed by atoms with E-state index in [0.29, 0.717) is 30.2 Å². The summed E-state index contributed by atoms with van der Waals surface area (Å²) in [5.41, 5.74) is 0.577. The van der Waals surface area contributed by atoms with Crippen molar-refractivity contribution in [2.45, 2.75) is 0 Å². The first-order valence-electron chi connectivity index (χ1n) is 6.27. The first-order valence-corrected chi connectivity index (χ1v) is 6.27. The number of nitrogens with one attached hydrogen (secondary N) is 1. The van der Waals surface area contributed by atoms with Crippen molar-refractivity contribution < 1.29 is 19.0 Å². The van der Waals surface area contributed by atoms with Crippen LogP contribution in [0, 0.1) is 11.3 Å². The van der Waals surface area contributed by atoms with Crippen LogP contribution in [0.15, 0.2) is 23.8 Å². The van der Waals surface area contributed by atoms with Gasteiger partial charge in [-0.1, -0.05) is 12.1 Å². The summed E-state index contributed by atoms with van der Waals surface area (Å²) in [5, 5.41) is 11.7. The van der Waals surface area contributed by atoms with Crippen molar-refractivity contribution in [3.8, 4) is 17.6 Å². The quantitative estimate of drug-likeness (QED) is 0.466. The van der Waals surface area contributed by atoms with Gasteiger partial charge >= 0.3 is 0 Å². The van der Waals surface area contributed by atoms with Crippen molar-refractivity contribution in [2.24, 2.45) is 0 Å². The van der Waals surface area contributed by atoms with Crippen LogP contribution in [0.2, 0.25) is 0 Å². The Morgan fingerprint density at radius 1 is 1.33 bits per heavy atom. The number of methoxy groups -OCH3 is 3. The van der Waals surface area contributed by atoms with Crippen molar-refractivity contribution in [3.63, 3.8) is 0 Å². The Labute approximate surface area is 123 Å². The Bertz CT molecular complexity index is 561. The molecule has 0 heterocycles. The summed E-state index contributed by atoms with van der Waals surface area (Å²) in [4.78, 5) is 11.9. The van der Waals surface area contributed by atoms with E-state index in [1.165, 1.54) is 27.4 Å². The Hall–Kier alpha value is -2.52. The molecule has 0 atom stereocenters. The predicted molar refractivity (Wildman–Crippen MR) is 78.0 cm³/mol. The SMILES string of the molecule is COCCNC(=O)/C(C#N)=C/c1cccc(OC)c1OC. The highest BCUT2D eigenvalue weighted by Crippen LogP contribution is 2.32. The van der Waals surface area contributed by atoms with E-state index in [2.05, 4.69) is 5.32 Å². The molecule has 0 bridgehead atoms. The molecule has 0 saturated heterocycles. The van der Waals surface area contributed by atoms with E-state index in [0.717, 1.165) is 0 Å². The van der Waals surface area contributed by atoms with Crippen molar-refractivity contribution in [1.82, 2.24) is 5.32 Å². The Morgan fingerprint density at radius 2 is 2.10 bits per heavy atom. The summed E-state index contributed by atoms with van der Waals surface area (Å²) in [6.45, 7) is 0.719. The second kappa shape index (κ2) is 8.61. The van der Waals surface area contributed by atoms with Gasteiger partial charge in [-0.05, 0) is 12.1 Å². The fourth-order valence-corrected chi connectivity index (χ4v) is 1.69. The zero-order valence-corrected chi connectivity index (χ0v) is 12.3. The van der Waals surface area contributed by atoms with Gasteiger partial charge in [-0.25, -0.2) is 0 Å². The van der Waals surface area contributed by atoms with Gasteiger partial charge in [-0.15, -0.1) is 0 Å². The molecule has 1 aromatic rings. The van der Waals surface area contributed by atoms with Crippen molar-refractivity contribution >= 4 is 12.0 Å². The number of amides is 1. The average molecular weight is 290 g/mol. The molecule has 21 heavy (non-hydrogen) atoms. The molecule has 1 N–H and O–H groups in total. The molecule has 6 heteroatoms. The number of carbonyl (C=O) groups excluding carboxylic acids is 1. The number of benzene rings is 1. The summed E-state index contributed by atoms with van der Waals surface area (Å²) in [5.74, 6) is 0.542. The maximum Gasteiger partial charge on any atom is 0.262 e. The maximum atomic E-state index is 11.9. The number of hydrogen-bond acceptors (Lipinski definition) is 5. The summed E-state index contributed by atoms with van der Waals surface area (Å²) in [7, 11) is 4.56. The third kappa shape index (κ3) is 4.51. The minimum atomic E-state index is -0.459. The van der Waals surface area contributed by atoms with Crippen LogP contribution in [0.1, 0.15) is 5.56 Å². The highest BCUT2D eigenvalue weighted by atomic mass is 16.5. The first-order chi connectivity index (χ1) is 10.2. The molecule has 0 aliphatic carbocycles. The molecule has 112 valence electrons. The van der Waals surface area contributed by atoms with E-state index in [-0.39, 0.29) is 5.57 Å². The van der Waals surface area contributed by atoms with Crippen LogP contribution in [0.4, 0.5) is 0 Å². The van der Waals surface area contributed by atoms with Gasteiger partial charge in [0.1, 0.15) is 11.6 Å². The first kappa shape index (κ1) is 16.5. The number of nitriles is 1. The predicted octanol–water partition coefficient (Wildman–Crippen LogP) is 1.37. The molecule has 0 aliphatic heterocycles. The zero-order chi connectivity index (χ0) is 15.7. The fraction of sp³-hybridized carbons (Fsp3) is 0.333. The Kier molecular flexibility index (Phi) is 6.78. The number of para-hydroxylation sites is 1. The molecule has 0 aliphatic rings. The molecule has 1 rings (SSSR count). The van der Waals surface area contributed by atoms with E-state index in [1.54, 1.807) is 18.2 Å². The Morgan fingerprint density at radius 3 is 2.67 bits per heavy atom. The van der Waals surface area contributed by atoms with Crippen LogP contribution in [-0.2, 0) is 9.53 Å². The van der Waals surface area contributed by atoms with Gasteiger partial charge < -0.3 is 19.5 Å². The van der Waals surface area contributed by atoms with Crippen molar-refractivity contribution in [1.29, 1.82) is 5.26 Å². The van der Waals surface area contributed by atoms with E-state index in [1.807, 2.05) is 6.07 Å². The number of hydrogen-bond donors (Lipinski definition) is 1. The summed E-state index contributed by atoms with van der Waals surface area (Å²) in [6, 6.07) is 7.11. The van der Waals surface area contributed by atoms with Crippen molar-refractivity contribution in [3.05, 3.63) is 29.3 Å². The van der Waals surface area contributed by atoms with Crippen LogP contribution in [0.25, 0.3) is 6.08 Å². The molecule has 6 nitrogen and oxygen atoms in total. The summed E-state index contributed by atoms with van der Waals surface area (Å²) in [6.07, 6.45) is 1.46. The topological polar surface area (TPSA) is 80.6 Å². The molecule has 0 aromatic heterocycles. The normalized spacial score (nSPS) is 10.7. The van der Waals surface area contributed by atoms with Gasteiger partial charge in [0.25, 0.3) is 5.91 Å². The van der Waals surface area contributed by atoms with E-state index in [4.69, 9.17) is 19.5 Å². The fourth-order valence-electron chi connectivity index (χ4n) is 1.69. The maximum absolute atomic E-state index is 11.9. The van der Waals surface area contributed by atoms with Crippen LogP contribution >= 0.6 is 0 Å². The molecule has 0 spiro atoms. The minimum Gasteiger partial charge on any atom is -0.493 e. The molecule has 0 fully saturated rings. The lowest BCUT2D eigenvalue weighted by molar-refractivity contribution is -0.117. The summed E-state index contributed by atoms with van der Waals surface area (Å²) >= 11 is 0. The lowest BCUT2D eigenvalue weighted by atomic mass is 10.1. The van der Waals surface area contributed by atoms with Gasteiger partial charge in [-0.3, -0.25) is 4.79 Å². The second-order valence-electron chi connectivity index (χ2n) is 4.00. The molecule has 1 amide bonds. The third-order valence-corrected chi connectivity index (χ3v) is 2.69. The number of ether oxygens (including phenoxy) is 3. The number of nitrogens with zero attached hydrogens (tertiary/aromatic N) is 1. The molecular weight excluding hydrogens is 272 g/mol. The minimum absolute atomic E-state index is 0.0161. The lowest BCUT2D eigenvalue weighted by Gasteiger charge is -2.10. The van der Waals surface area contributed by atoms with Crippen LogP contribution < -0.4 is 14.8 Å². The van der Waals surface area contributed by atoms with Gasteiger partial charge in [0.15, 0.2) is 11.5 Å². The van der Waals surface area contributed by atoms with Gasteiger partial charge in [0.2, 0.25) is 0 Å².